The summed E-state index contributed by atoms with van der Waals surface area (Å²) in [6.07, 6.45) is -2.25. The number of halogens is 2. The minimum absolute atomic E-state index is 0.249. The highest BCUT2D eigenvalue weighted by Gasteiger charge is 2.28. The molecular weight excluding hydrogens is 446 g/mol. The lowest BCUT2D eigenvalue weighted by Gasteiger charge is -2.27. The van der Waals surface area contributed by atoms with Gasteiger partial charge in [0.15, 0.2) is 5.58 Å². The molecule has 1 aromatic heterocycles. The summed E-state index contributed by atoms with van der Waals surface area (Å²) in [7, 11) is 0. The molecule has 0 bridgehead atoms. The molecule has 0 saturated carbocycles. The first-order valence-corrected chi connectivity index (χ1v) is 10.9. The fraction of sp³-hybridized carbons (Fsp3) is 0.375. The van der Waals surface area contributed by atoms with Crippen molar-refractivity contribution in [2.45, 2.75) is 38.0 Å². The van der Waals surface area contributed by atoms with Crippen LogP contribution in [0.1, 0.15) is 12.0 Å². The summed E-state index contributed by atoms with van der Waals surface area (Å²) in [5.74, 6) is -1.36. The predicted molar refractivity (Wildman–Crippen MR) is 120 cm³/mol. The van der Waals surface area contributed by atoms with E-state index in [1.807, 2.05) is 29.2 Å². The molecule has 1 saturated heterocycles. The van der Waals surface area contributed by atoms with Crippen LogP contribution in [0.15, 0.2) is 51.7 Å². The van der Waals surface area contributed by atoms with Crippen LogP contribution in [0, 0.1) is 11.3 Å². The van der Waals surface area contributed by atoms with Gasteiger partial charge in [0.2, 0.25) is 5.91 Å². The van der Waals surface area contributed by atoms with Crippen LogP contribution >= 0.6 is 0 Å². The Morgan fingerprint density at radius 1 is 1.21 bits per heavy atom. The number of ether oxygens (including phenoxy) is 1. The Labute approximate surface area is 194 Å². The van der Waals surface area contributed by atoms with Crippen LogP contribution in [0.25, 0.3) is 22.2 Å². The third kappa shape index (κ3) is 5.16. The number of fused-ring (bicyclic) bond motifs is 1. The molecule has 1 aliphatic heterocycles. The van der Waals surface area contributed by atoms with Crippen LogP contribution in [0.2, 0.25) is 0 Å². The molecule has 178 valence electrons. The smallest absolute Gasteiger partial charge is 0.408 e. The first kappa shape index (κ1) is 23.6. The highest BCUT2D eigenvalue weighted by Crippen LogP contribution is 2.25. The molecule has 3 aromatic rings. The number of hydrogen-bond donors (Lipinski definition) is 1. The van der Waals surface area contributed by atoms with E-state index in [2.05, 4.69) is 6.07 Å². The van der Waals surface area contributed by atoms with E-state index >= 15 is 0 Å². The quantitative estimate of drug-likeness (QED) is 0.568. The van der Waals surface area contributed by atoms with Gasteiger partial charge in [-0.25, -0.2) is 13.6 Å². The van der Waals surface area contributed by atoms with Crippen molar-refractivity contribution in [1.82, 2.24) is 9.47 Å². The van der Waals surface area contributed by atoms with Crippen LogP contribution in [-0.4, -0.2) is 53.6 Å². The Hall–Kier alpha value is -3.55. The van der Waals surface area contributed by atoms with E-state index < -0.39 is 36.8 Å². The van der Waals surface area contributed by atoms with Gasteiger partial charge < -0.3 is 14.9 Å². The number of amides is 1. The summed E-state index contributed by atoms with van der Waals surface area (Å²) in [5, 5.41) is 9.74. The van der Waals surface area contributed by atoms with Gasteiger partial charge in [0, 0.05) is 26.1 Å². The summed E-state index contributed by atoms with van der Waals surface area (Å²) < 4.78 is 37.2. The molecule has 0 spiro atoms. The van der Waals surface area contributed by atoms with E-state index in [9.17, 15) is 23.6 Å². The van der Waals surface area contributed by atoms with Crippen molar-refractivity contribution in [3.8, 4) is 17.2 Å². The fourth-order valence-electron chi connectivity index (χ4n) is 4.17. The molecule has 8 nitrogen and oxygen atoms in total. The lowest BCUT2D eigenvalue weighted by molar-refractivity contribution is -0.129. The molecular formula is C24H24F2N4O4. The molecule has 2 atom stereocenters. The summed E-state index contributed by atoms with van der Waals surface area (Å²) in [5.41, 5.74) is 8.45. The zero-order chi connectivity index (χ0) is 24.2. The minimum Gasteiger partial charge on any atom is -0.408 e. The summed E-state index contributed by atoms with van der Waals surface area (Å²) in [6, 6.07) is 14.4. The number of oxazole rings is 1. The van der Waals surface area contributed by atoms with Crippen molar-refractivity contribution in [1.29, 1.82) is 5.26 Å². The third-order valence-corrected chi connectivity index (χ3v) is 5.92. The third-order valence-electron chi connectivity index (χ3n) is 5.92. The zero-order valence-corrected chi connectivity index (χ0v) is 18.3. The molecule has 1 fully saturated rings. The number of alkyl halides is 2. The number of benzene rings is 2. The zero-order valence-electron chi connectivity index (χ0n) is 18.3. The van der Waals surface area contributed by atoms with Crippen LogP contribution in [0.3, 0.4) is 0 Å². The lowest BCUT2D eigenvalue weighted by Crippen LogP contribution is -2.44. The maximum atomic E-state index is 12.9. The minimum atomic E-state index is -2.68. The highest BCUT2D eigenvalue weighted by molar-refractivity contribution is 5.81. The number of carbonyl (C=O) groups excluding carboxylic acids is 1. The molecule has 1 amide bonds. The first-order valence-electron chi connectivity index (χ1n) is 10.9. The highest BCUT2D eigenvalue weighted by atomic mass is 19.3. The summed E-state index contributed by atoms with van der Waals surface area (Å²) >= 11 is 0. The Bertz CT molecular complexity index is 1260. The van der Waals surface area contributed by atoms with Gasteiger partial charge in [-0.15, -0.1) is 0 Å². The Balaban J connectivity index is 1.52. The number of rotatable bonds is 7. The van der Waals surface area contributed by atoms with E-state index in [-0.39, 0.29) is 12.1 Å². The van der Waals surface area contributed by atoms with E-state index in [0.717, 1.165) is 21.3 Å². The van der Waals surface area contributed by atoms with E-state index in [0.29, 0.717) is 31.5 Å². The van der Waals surface area contributed by atoms with Gasteiger partial charge in [0.05, 0.1) is 18.1 Å². The van der Waals surface area contributed by atoms with Gasteiger partial charge in [-0.2, -0.15) is 5.26 Å². The van der Waals surface area contributed by atoms with Crippen molar-refractivity contribution < 1.29 is 22.7 Å². The van der Waals surface area contributed by atoms with Gasteiger partial charge >= 0.3 is 5.76 Å². The van der Waals surface area contributed by atoms with Crippen molar-refractivity contribution in [3.05, 3.63) is 58.6 Å². The number of primary amides is 1. The number of nitrogens with two attached hydrogens (primary N) is 1. The molecule has 2 heterocycles. The first-order chi connectivity index (χ1) is 16.4. The molecule has 1 aliphatic rings. The summed E-state index contributed by atoms with van der Waals surface area (Å²) in [4.78, 5) is 25.4. The van der Waals surface area contributed by atoms with Crippen molar-refractivity contribution >= 4 is 17.0 Å². The number of nitrogens with zero attached hydrogens (tertiary/aromatic N) is 3. The van der Waals surface area contributed by atoms with Crippen LogP contribution in [0.5, 0.6) is 0 Å². The van der Waals surface area contributed by atoms with Crippen LogP contribution < -0.4 is 11.5 Å². The Morgan fingerprint density at radius 3 is 2.62 bits per heavy atom. The van der Waals surface area contributed by atoms with Crippen molar-refractivity contribution in [2.75, 3.05) is 19.7 Å². The van der Waals surface area contributed by atoms with Crippen LogP contribution in [0.4, 0.5) is 8.78 Å². The molecule has 0 unspecified atom stereocenters. The van der Waals surface area contributed by atoms with E-state index in [1.165, 1.54) is 0 Å². The monoisotopic (exact) mass is 470 g/mol. The number of aromatic nitrogens is 1. The normalized spacial score (nSPS) is 18.0. The van der Waals surface area contributed by atoms with E-state index in [4.69, 9.17) is 14.9 Å². The number of carbonyl (C=O) groups is 1. The van der Waals surface area contributed by atoms with E-state index in [1.54, 1.807) is 18.2 Å². The van der Waals surface area contributed by atoms with Crippen molar-refractivity contribution in [2.24, 2.45) is 5.73 Å². The Kier molecular flexibility index (Phi) is 7.05. The largest absolute Gasteiger partial charge is 0.420 e. The molecule has 0 radical (unpaired) electrons. The molecule has 2 N–H and O–H groups in total. The number of nitriles is 1. The maximum absolute atomic E-state index is 12.9. The summed E-state index contributed by atoms with van der Waals surface area (Å²) in [6.45, 7) is 0.590. The topological polar surface area (TPSA) is 114 Å². The van der Waals surface area contributed by atoms with Gasteiger partial charge in [-0.3, -0.25) is 14.3 Å². The van der Waals surface area contributed by atoms with Gasteiger partial charge in [0.1, 0.15) is 12.1 Å². The van der Waals surface area contributed by atoms with Gasteiger partial charge in [-0.1, -0.05) is 30.3 Å². The molecule has 34 heavy (non-hydrogen) atoms. The van der Waals surface area contributed by atoms with Crippen molar-refractivity contribution in [3.63, 3.8) is 0 Å². The molecule has 2 aromatic carbocycles. The molecule has 10 heteroatoms. The maximum Gasteiger partial charge on any atom is 0.420 e. The van der Waals surface area contributed by atoms with Gasteiger partial charge in [0.25, 0.3) is 6.43 Å². The molecule has 0 aliphatic carbocycles. The lowest BCUT2D eigenvalue weighted by atomic mass is 10.00. The van der Waals surface area contributed by atoms with Crippen LogP contribution in [-0.2, 0) is 22.5 Å². The second-order valence-corrected chi connectivity index (χ2v) is 8.21. The standard InChI is InChI=1S/C24H24F2N4O4/c25-22(26)14-30-19-11-17(6-7-20(19)34-24(30)32)16-4-2-15(3-5-16)10-18(12-27)29-8-1-9-33-21(13-29)23(28)31/h2-7,11,18,21-22H,1,8-10,13-14H2,(H2,28,31)/t18-,21-/m0/s1. The fourth-order valence-corrected chi connectivity index (χ4v) is 4.17. The predicted octanol–water partition coefficient (Wildman–Crippen LogP) is 2.54. The average molecular weight is 470 g/mol. The SMILES string of the molecule is N#C[C@H](Cc1ccc(-c2ccc3oc(=O)n(CC(F)F)c3c2)cc1)N1CCCO[C@H](C(N)=O)C1. The average Bonchev–Trinajstić information content (AvgIpc) is 2.98. The Morgan fingerprint density at radius 2 is 1.94 bits per heavy atom. The molecule has 4 rings (SSSR count). The number of hydrogen-bond acceptors (Lipinski definition) is 6. The van der Waals surface area contributed by atoms with Gasteiger partial charge in [-0.05, 0) is 35.2 Å². The second-order valence-electron chi connectivity index (χ2n) is 8.21. The second kappa shape index (κ2) is 10.2.